The molecule has 1 atom stereocenters. The second-order valence-electron chi connectivity index (χ2n) is 6.10. The third kappa shape index (κ3) is 2.96. The molecule has 2 N–H and O–H groups in total. The van der Waals surface area contributed by atoms with E-state index in [1.165, 1.54) is 0 Å². The van der Waals surface area contributed by atoms with E-state index in [1.807, 2.05) is 54.6 Å². The summed E-state index contributed by atoms with van der Waals surface area (Å²) in [5.74, 6) is -0.727. The van der Waals surface area contributed by atoms with Crippen LogP contribution < -0.4 is 10.6 Å². The van der Waals surface area contributed by atoms with Gasteiger partial charge >= 0.3 is 0 Å². The largest absolute Gasteiger partial charge is 0.351 e. The van der Waals surface area contributed by atoms with Crippen LogP contribution in [0.4, 0.5) is 5.69 Å². The van der Waals surface area contributed by atoms with E-state index >= 15 is 0 Å². The molecule has 1 aliphatic rings. The maximum atomic E-state index is 12.7. The summed E-state index contributed by atoms with van der Waals surface area (Å²) in [6, 6.07) is 17.2. The summed E-state index contributed by atoms with van der Waals surface area (Å²) >= 11 is 0. The van der Waals surface area contributed by atoms with Crippen LogP contribution in [-0.4, -0.2) is 16.8 Å². The maximum absolute atomic E-state index is 12.7. The number of para-hydroxylation sites is 2. The number of rotatable bonds is 3. The highest BCUT2D eigenvalue weighted by molar-refractivity contribution is 6.01. The van der Waals surface area contributed by atoms with Gasteiger partial charge in [-0.05, 0) is 29.3 Å². The molecule has 0 bridgehead atoms. The van der Waals surface area contributed by atoms with Gasteiger partial charge in [0.15, 0.2) is 0 Å². The van der Waals surface area contributed by atoms with E-state index < -0.39 is 5.92 Å². The summed E-state index contributed by atoms with van der Waals surface area (Å²) in [5, 5.41) is 6.81. The van der Waals surface area contributed by atoms with E-state index in [-0.39, 0.29) is 18.2 Å². The molecule has 5 nitrogen and oxygen atoms in total. The highest BCUT2D eigenvalue weighted by Gasteiger charge is 2.30. The van der Waals surface area contributed by atoms with Crippen molar-refractivity contribution < 1.29 is 9.59 Å². The molecule has 25 heavy (non-hydrogen) atoms. The van der Waals surface area contributed by atoms with Gasteiger partial charge in [-0.1, -0.05) is 36.4 Å². The van der Waals surface area contributed by atoms with E-state index in [2.05, 4.69) is 15.6 Å². The summed E-state index contributed by atoms with van der Waals surface area (Å²) in [4.78, 5) is 28.9. The standard InChI is InChI=1S/C20H17N3O2/c24-19-11-16(15-6-2-4-8-18(15)23-19)20(25)22-12-13-9-10-21-17-7-3-1-5-14(13)17/h1-10,16H,11-12H2,(H,22,25)(H,23,24)/t16-/m1/s1. The van der Waals surface area contributed by atoms with Crippen molar-refractivity contribution in [2.24, 2.45) is 0 Å². The number of nitrogens with one attached hydrogen (secondary N) is 2. The number of hydrogen-bond acceptors (Lipinski definition) is 3. The molecule has 0 saturated carbocycles. The van der Waals surface area contributed by atoms with Gasteiger partial charge in [0.05, 0.1) is 11.4 Å². The first kappa shape index (κ1) is 15.3. The Morgan fingerprint density at radius 2 is 1.92 bits per heavy atom. The van der Waals surface area contributed by atoms with E-state index in [0.717, 1.165) is 22.0 Å². The van der Waals surface area contributed by atoms with Crippen molar-refractivity contribution in [2.45, 2.75) is 18.9 Å². The quantitative estimate of drug-likeness (QED) is 0.775. The fraction of sp³-hybridized carbons (Fsp3) is 0.150. The second kappa shape index (κ2) is 6.36. The number of benzene rings is 2. The average Bonchev–Trinajstić information content (AvgIpc) is 2.65. The lowest BCUT2D eigenvalue weighted by molar-refractivity contribution is -0.126. The predicted octanol–water partition coefficient (Wildman–Crippen LogP) is 2.98. The zero-order chi connectivity index (χ0) is 17.2. The number of fused-ring (bicyclic) bond motifs is 2. The number of hydrogen-bond donors (Lipinski definition) is 2. The number of carbonyl (C=O) groups excluding carboxylic acids is 2. The number of amides is 2. The lowest BCUT2D eigenvalue weighted by Crippen LogP contribution is -2.34. The zero-order valence-corrected chi connectivity index (χ0v) is 13.5. The van der Waals surface area contributed by atoms with E-state index in [0.29, 0.717) is 12.2 Å². The van der Waals surface area contributed by atoms with Crippen LogP contribution in [0, 0.1) is 0 Å². The smallest absolute Gasteiger partial charge is 0.228 e. The van der Waals surface area contributed by atoms with Crippen molar-refractivity contribution in [3.63, 3.8) is 0 Å². The maximum Gasteiger partial charge on any atom is 0.228 e. The van der Waals surface area contributed by atoms with Crippen LogP contribution in [0.1, 0.15) is 23.5 Å². The number of pyridine rings is 1. The van der Waals surface area contributed by atoms with E-state index in [9.17, 15) is 9.59 Å². The van der Waals surface area contributed by atoms with Crippen molar-refractivity contribution >= 4 is 28.4 Å². The van der Waals surface area contributed by atoms with Crippen LogP contribution in [0.5, 0.6) is 0 Å². The Hall–Kier alpha value is -3.21. The Morgan fingerprint density at radius 1 is 1.12 bits per heavy atom. The lowest BCUT2D eigenvalue weighted by Gasteiger charge is -2.24. The monoisotopic (exact) mass is 331 g/mol. The minimum atomic E-state index is -0.460. The summed E-state index contributed by atoms with van der Waals surface area (Å²) in [6.07, 6.45) is 1.91. The summed E-state index contributed by atoms with van der Waals surface area (Å²) in [7, 11) is 0. The van der Waals surface area contributed by atoms with Crippen LogP contribution >= 0.6 is 0 Å². The minimum absolute atomic E-state index is 0.131. The molecule has 3 aromatic rings. The fourth-order valence-corrected chi connectivity index (χ4v) is 3.26. The van der Waals surface area contributed by atoms with Crippen LogP contribution in [-0.2, 0) is 16.1 Å². The normalized spacial score (nSPS) is 16.2. The number of aromatic nitrogens is 1. The van der Waals surface area contributed by atoms with Gasteiger partial charge in [-0.25, -0.2) is 0 Å². The SMILES string of the molecule is O=C1C[C@@H](C(=O)NCc2ccnc3ccccc23)c2ccccc2N1. The first-order valence-corrected chi connectivity index (χ1v) is 8.21. The Labute approximate surface area is 145 Å². The van der Waals surface area contributed by atoms with Crippen molar-refractivity contribution in [1.82, 2.24) is 10.3 Å². The number of nitrogens with zero attached hydrogens (tertiary/aromatic N) is 1. The zero-order valence-electron chi connectivity index (χ0n) is 13.5. The van der Waals surface area contributed by atoms with Crippen LogP contribution in [0.25, 0.3) is 10.9 Å². The molecular formula is C20H17N3O2. The molecule has 4 rings (SSSR count). The molecule has 2 amide bonds. The van der Waals surface area contributed by atoms with Gasteiger partial charge in [-0.15, -0.1) is 0 Å². The Balaban J connectivity index is 1.56. The van der Waals surface area contributed by atoms with Gasteiger partial charge in [-0.3, -0.25) is 14.6 Å². The molecule has 2 heterocycles. The first-order valence-electron chi connectivity index (χ1n) is 8.21. The van der Waals surface area contributed by atoms with Gasteiger partial charge in [0.2, 0.25) is 11.8 Å². The van der Waals surface area contributed by atoms with Gasteiger partial charge in [0.1, 0.15) is 0 Å². The first-order chi connectivity index (χ1) is 12.2. The highest BCUT2D eigenvalue weighted by Crippen LogP contribution is 2.32. The van der Waals surface area contributed by atoms with Crippen molar-refractivity contribution in [3.8, 4) is 0 Å². The topological polar surface area (TPSA) is 71.1 Å². The minimum Gasteiger partial charge on any atom is -0.351 e. The van der Waals surface area contributed by atoms with Gasteiger partial charge < -0.3 is 10.6 Å². The van der Waals surface area contributed by atoms with E-state index in [1.54, 1.807) is 6.20 Å². The molecule has 124 valence electrons. The molecule has 0 fully saturated rings. The highest BCUT2D eigenvalue weighted by atomic mass is 16.2. The number of carbonyl (C=O) groups is 2. The van der Waals surface area contributed by atoms with Gasteiger partial charge in [0.25, 0.3) is 0 Å². The van der Waals surface area contributed by atoms with Crippen molar-refractivity contribution in [2.75, 3.05) is 5.32 Å². The molecular weight excluding hydrogens is 314 g/mol. The summed E-state index contributed by atoms with van der Waals surface area (Å²) in [5.41, 5.74) is 3.48. The second-order valence-corrected chi connectivity index (χ2v) is 6.10. The van der Waals surface area contributed by atoms with E-state index in [4.69, 9.17) is 0 Å². The third-order valence-corrected chi connectivity index (χ3v) is 4.51. The van der Waals surface area contributed by atoms with Crippen molar-refractivity contribution in [1.29, 1.82) is 0 Å². The molecule has 2 aromatic carbocycles. The molecule has 0 unspecified atom stereocenters. The van der Waals surface area contributed by atoms with Gasteiger partial charge in [-0.2, -0.15) is 0 Å². The predicted molar refractivity (Wildman–Crippen MR) is 96.0 cm³/mol. The summed E-state index contributed by atoms with van der Waals surface area (Å²) in [6.45, 7) is 0.405. The fourth-order valence-electron chi connectivity index (χ4n) is 3.26. The Kier molecular flexibility index (Phi) is 3.90. The van der Waals surface area contributed by atoms with Gasteiger partial charge in [0, 0.05) is 30.2 Å². The van der Waals surface area contributed by atoms with Crippen molar-refractivity contribution in [3.05, 3.63) is 71.9 Å². The number of anilines is 1. The van der Waals surface area contributed by atoms with Crippen LogP contribution in [0.2, 0.25) is 0 Å². The summed E-state index contributed by atoms with van der Waals surface area (Å²) < 4.78 is 0. The molecule has 1 aliphatic heterocycles. The molecule has 5 heteroatoms. The average molecular weight is 331 g/mol. The Bertz CT molecular complexity index is 963. The molecule has 0 aliphatic carbocycles. The lowest BCUT2D eigenvalue weighted by atomic mass is 9.90. The van der Waals surface area contributed by atoms with Crippen LogP contribution in [0.3, 0.4) is 0 Å². The third-order valence-electron chi connectivity index (χ3n) is 4.51. The van der Waals surface area contributed by atoms with Crippen LogP contribution in [0.15, 0.2) is 60.8 Å². The molecule has 0 radical (unpaired) electrons. The molecule has 1 aromatic heterocycles. The Morgan fingerprint density at radius 3 is 2.84 bits per heavy atom. The molecule has 0 spiro atoms. The molecule has 0 saturated heterocycles.